The van der Waals surface area contributed by atoms with Crippen molar-refractivity contribution in [3.8, 4) is 0 Å². The average Bonchev–Trinajstić information content (AvgIpc) is 3.26. The van der Waals surface area contributed by atoms with Crippen molar-refractivity contribution in [3.63, 3.8) is 0 Å². The SMILES string of the molecule is Cc1nc2cc(=O)[nH]n2c(C)c1CC(=O)NC(CCO)C1CC1. The van der Waals surface area contributed by atoms with Gasteiger partial charge in [0.1, 0.15) is 0 Å². The number of carbonyl (C=O) groups excluding carboxylic acids is 1. The van der Waals surface area contributed by atoms with Crippen LogP contribution in [0.2, 0.25) is 0 Å². The molecule has 2 aromatic heterocycles. The van der Waals surface area contributed by atoms with E-state index in [4.69, 9.17) is 5.11 Å². The number of rotatable bonds is 6. The third kappa shape index (κ3) is 3.29. The minimum absolute atomic E-state index is 0.0520. The summed E-state index contributed by atoms with van der Waals surface area (Å²) in [6.45, 7) is 3.79. The lowest BCUT2D eigenvalue weighted by Crippen LogP contribution is -2.38. The number of amides is 1. The number of H-pyrrole nitrogens is 1. The second kappa shape index (κ2) is 6.16. The number of nitrogens with zero attached hydrogens (tertiary/aromatic N) is 2. The molecule has 1 saturated carbocycles. The molecular formula is C16H22N4O3. The maximum atomic E-state index is 12.4. The van der Waals surface area contributed by atoms with Gasteiger partial charge in [0.25, 0.3) is 5.56 Å². The van der Waals surface area contributed by atoms with Crippen LogP contribution >= 0.6 is 0 Å². The lowest BCUT2D eigenvalue weighted by molar-refractivity contribution is -0.121. The molecule has 1 atom stereocenters. The molecule has 0 aliphatic heterocycles. The molecule has 0 radical (unpaired) electrons. The summed E-state index contributed by atoms with van der Waals surface area (Å²) in [6, 6.07) is 1.49. The van der Waals surface area contributed by atoms with Crippen LogP contribution in [-0.4, -0.2) is 38.3 Å². The Hall–Kier alpha value is -2.15. The number of aliphatic hydroxyl groups is 1. The van der Waals surface area contributed by atoms with Gasteiger partial charge in [0.15, 0.2) is 5.65 Å². The Morgan fingerprint density at radius 3 is 2.91 bits per heavy atom. The van der Waals surface area contributed by atoms with E-state index >= 15 is 0 Å². The van der Waals surface area contributed by atoms with Crippen LogP contribution < -0.4 is 10.9 Å². The molecule has 1 unspecified atom stereocenters. The molecule has 2 aromatic rings. The standard InChI is InChI=1S/C16H22N4O3/c1-9-12(10(2)20-14(17-9)8-16(23)19-20)7-15(22)18-13(5-6-21)11-3-4-11/h8,11,13,21H,3-7H2,1-2H3,(H,18,22)(H,19,23). The maximum absolute atomic E-state index is 12.4. The van der Waals surface area contributed by atoms with Gasteiger partial charge in [-0.05, 0) is 39.0 Å². The Bertz CT molecular complexity index is 788. The number of hydrogen-bond acceptors (Lipinski definition) is 4. The molecule has 1 aliphatic carbocycles. The summed E-state index contributed by atoms with van der Waals surface area (Å²) in [6.07, 6.45) is 3.04. The molecule has 2 heterocycles. The minimum atomic E-state index is -0.210. The van der Waals surface area contributed by atoms with Crippen LogP contribution in [0.4, 0.5) is 0 Å². The molecule has 124 valence electrons. The first-order valence-corrected chi connectivity index (χ1v) is 7.97. The molecule has 23 heavy (non-hydrogen) atoms. The fraction of sp³-hybridized carbons (Fsp3) is 0.562. The first kappa shape index (κ1) is 15.7. The van der Waals surface area contributed by atoms with Gasteiger partial charge >= 0.3 is 0 Å². The first-order chi connectivity index (χ1) is 11.0. The van der Waals surface area contributed by atoms with Gasteiger partial charge in [-0.2, -0.15) is 0 Å². The largest absolute Gasteiger partial charge is 0.396 e. The summed E-state index contributed by atoms with van der Waals surface area (Å²) in [5, 5.41) is 14.8. The lowest BCUT2D eigenvalue weighted by Gasteiger charge is -2.18. The minimum Gasteiger partial charge on any atom is -0.396 e. The average molecular weight is 318 g/mol. The van der Waals surface area contributed by atoms with Crippen molar-refractivity contribution in [2.45, 2.75) is 45.6 Å². The predicted molar refractivity (Wildman–Crippen MR) is 85.3 cm³/mol. The molecule has 1 amide bonds. The van der Waals surface area contributed by atoms with E-state index in [9.17, 15) is 9.59 Å². The van der Waals surface area contributed by atoms with E-state index in [0.717, 1.165) is 29.8 Å². The second-order valence-electron chi connectivity index (χ2n) is 6.28. The molecular weight excluding hydrogens is 296 g/mol. The summed E-state index contributed by atoms with van der Waals surface area (Å²) in [5.74, 6) is 0.423. The topological polar surface area (TPSA) is 99.5 Å². The fourth-order valence-electron chi connectivity index (χ4n) is 3.09. The summed E-state index contributed by atoms with van der Waals surface area (Å²) < 4.78 is 1.62. The molecule has 0 bridgehead atoms. The van der Waals surface area contributed by atoms with Crippen molar-refractivity contribution >= 4 is 11.6 Å². The van der Waals surface area contributed by atoms with Crippen molar-refractivity contribution < 1.29 is 9.90 Å². The maximum Gasteiger partial charge on any atom is 0.266 e. The van der Waals surface area contributed by atoms with Crippen molar-refractivity contribution in [2.24, 2.45) is 5.92 Å². The third-order valence-corrected chi connectivity index (χ3v) is 4.52. The highest BCUT2D eigenvalue weighted by Gasteiger charge is 2.31. The van der Waals surface area contributed by atoms with Gasteiger partial charge in [0.2, 0.25) is 5.91 Å². The molecule has 0 saturated heterocycles. The van der Waals surface area contributed by atoms with E-state index in [-0.39, 0.29) is 30.5 Å². The Labute approximate surface area is 133 Å². The zero-order chi connectivity index (χ0) is 16.6. The monoisotopic (exact) mass is 318 g/mol. The number of carbonyl (C=O) groups is 1. The van der Waals surface area contributed by atoms with Gasteiger partial charge in [-0.3, -0.25) is 14.7 Å². The predicted octanol–water partition coefficient (Wildman–Crippen LogP) is 0.459. The molecule has 1 fully saturated rings. The number of aliphatic hydroxyl groups excluding tert-OH is 1. The Balaban J connectivity index is 1.80. The number of aromatic amines is 1. The van der Waals surface area contributed by atoms with E-state index in [1.54, 1.807) is 4.52 Å². The highest BCUT2D eigenvalue weighted by atomic mass is 16.3. The third-order valence-electron chi connectivity index (χ3n) is 4.52. The Kier molecular flexibility index (Phi) is 4.21. The van der Waals surface area contributed by atoms with Crippen LogP contribution in [-0.2, 0) is 11.2 Å². The van der Waals surface area contributed by atoms with Gasteiger partial charge in [0.05, 0.1) is 6.42 Å². The van der Waals surface area contributed by atoms with Crippen LogP contribution in [0, 0.1) is 19.8 Å². The molecule has 0 spiro atoms. The summed E-state index contributed by atoms with van der Waals surface area (Å²) in [4.78, 5) is 28.2. The quantitative estimate of drug-likeness (QED) is 0.720. The normalized spacial score (nSPS) is 15.8. The van der Waals surface area contributed by atoms with E-state index in [2.05, 4.69) is 15.4 Å². The van der Waals surface area contributed by atoms with E-state index in [1.807, 2.05) is 13.8 Å². The first-order valence-electron chi connectivity index (χ1n) is 7.97. The van der Waals surface area contributed by atoms with Crippen LogP contribution in [0.5, 0.6) is 0 Å². The van der Waals surface area contributed by atoms with Crippen LogP contribution in [0.3, 0.4) is 0 Å². The highest BCUT2D eigenvalue weighted by Crippen LogP contribution is 2.34. The Morgan fingerprint density at radius 2 is 2.26 bits per heavy atom. The Morgan fingerprint density at radius 1 is 1.52 bits per heavy atom. The van der Waals surface area contributed by atoms with Crippen molar-refractivity contribution in [3.05, 3.63) is 33.4 Å². The molecule has 1 aliphatic rings. The number of nitrogens with one attached hydrogen (secondary N) is 2. The summed E-state index contributed by atoms with van der Waals surface area (Å²) in [7, 11) is 0. The molecule has 0 aromatic carbocycles. The number of aryl methyl sites for hydroxylation is 2. The zero-order valence-corrected chi connectivity index (χ0v) is 13.4. The lowest BCUT2D eigenvalue weighted by atomic mass is 10.1. The van der Waals surface area contributed by atoms with Crippen LogP contribution in [0.15, 0.2) is 10.9 Å². The zero-order valence-electron chi connectivity index (χ0n) is 13.4. The fourth-order valence-corrected chi connectivity index (χ4v) is 3.09. The molecule has 3 N–H and O–H groups in total. The number of fused-ring (bicyclic) bond motifs is 1. The van der Waals surface area contributed by atoms with Crippen LogP contribution in [0.1, 0.15) is 36.2 Å². The van der Waals surface area contributed by atoms with Crippen molar-refractivity contribution in [1.82, 2.24) is 19.9 Å². The van der Waals surface area contributed by atoms with E-state index in [1.165, 1.54) is 6.07 Å². The van der Waals surface area contributed by atoms with Crippen molar-refractivity contribution in [2.75, 3.05) is 6.61 Å². The highest BCUT2D eigenvalue weighted by molar-refractivity contribution is 5.79. The second-order valence-corrected chi connectivity index (χ2v) is 6.28. The molecule has 7 nitrogen and oxygen atoms in total. The van der Waals surface area contributed by atoms with E-state index < -0.39 is 0 Å². The van der Waals surface area contributed by atoms with Gasteiger partial charge in [-0.1, -0.05) is 0 Å². The van der Waals surface area contributed by atoms with Gasteiger partial charge in [-0.15, -0.1) is 0 Å². The molecule has 7 heteroatoms. The van der Waals surface area contributed by atoms with E-state index in [0.29, 0.717) is 18.0 Å². The van der Waals surface area contributed by atoms with Gasteiger partial charge in [0, 0.05) is 35.7 Å². The van der Waals surface area contributed by atoms with Gasteiger partial charge in [-0.25, -0.2) is 9.50 Å². The number of hydrogen-bond donors (Lipinski definition) is 3. The summed E-state index contributed by atoms with van der Waals surface area (Å²) >= 11 is 0. The van der Waals surface area contributed by atoms with Gasteiger partial charge < -0.3 is 10.4 Å². The smallest absolute Gasteiger partial charge is 0.266 e. The van der Waals surface area contributed by atoms with Crippen LogP contribution in [0.25, 0.3) is 5.65 Å². The molecule has 3 rings (SSSR count). The summed E-state index contributed by atoms with van der Waals surface area (Å²) in [5.41, 5.74) is 2.74. The number of aromatic nitrogens is 3. The van der Waals surface area contributed by atoms with Crippen molar-refractivity contribution in [1.29, 1.82) is 0 Å².